The number of hydrogen-bond donors (Lipinski definition) is 0. The van der Waals surface area contributed by atoms with Gasteiger partial charge in [0.25, 0.3) is 0 Å². The monoisotopic (exact) mass is 530 g/mol. The zero-order valence-electron chi connectivity index (χ0n) is 22.6. The third kappa shape index (κ3) is 5.94. The summed E-state index contributed by atoms with van der Waals surface area (Å²) in [6.07, 6.45) is 1.96. The fraction of sp³-hybridized carbons (Fsp3) is 0.257. The van der Waals surface area contributed by atoms with Gasteiger partial charge >= 0.3 is 6.09 Å². The average Bonchev–Trinajstić information content (AvgIpc) is 3.77. The van der Waals surface area contributed by atoms with Gasteiger partial charge in [-0.3, -0.25) is 4.79 Å². The number of cyclic esters (lactones) is 1. The van der Waals surface area contributed by atoms with Crippen LogP contribution in [0.5, 0.6) is 0 Å². The van der Waals surface area contributed by atoms with Gasteiger partial charge in [-0.15, -0.1) is 0 Å². The molecule has 0 aromatic heterocycles. The largest absolute Gasteiger partial charge is 0.446 e. The van der Waals surface area contributed by atoms with E-state index in [1.54, 1.807) is 0 Å². The number of carbonyl (C=O) groups excluding carboxylic acids is 2. The third-order valence-corrected chi connectivity index (χ3v) is 8.01. The van der Waals surface area contributed by atoms with E-state index in [1.807, 2.05) is 42.5 Å². The Kier molecular flexibility index (Phi) is 7.62. The van der Waals surface area contributed by atoms with Crippen LogP contribution in [0.4, 0.5) is 10.5 Å². The van der Waals surface area contributed by atoms with Crippen molar-refractivity contribution >= 4 is 17.7 Å². The van der Waals surface area contributed by atoms with Gasteiger partial charge < -0.3 is 9.64 Å². The van der Waals surface area contributed by atoms with Crippen LogP contribution < -0.4 is 4.90 Å². The molecule has 40 heavy (non-hydrogen) atoms. The zero-order chi connectivity index (χ0) is 27.3. The Labute approximate surface area is 236 Å². The molecule has 0 unspecified atom stereocenters. The number of ether oxygens (including phenoxy) is 1. The predicted octanol–water partition coefficient (Wildman–Crippen LogP) is 7.50. The maximum Gasteiger partial charge on any atom is 0.417 e. The molecule has 4 aromatic carbocycles. The maximum absolute atomic E-state index is 13.7. The second-order valence-corrected chi connectivity index (χ2v) is 10.8. The van der Waals surface area contributed by atoms with Crippen LogP contribution in [0, 0.1) is 5.92 Å². The number of carbonyl (C=O) groups is 2. The molecule has 202 valence electrons. The number of benzene rings is 4. The molecule has 4 aromatic rings. The number of nitrogens with zero attached hydrogens (tertiary/aromatic N) is 2. The first-order valence-electron chi connectivity index (χ1n) is 14.1. The molecule has 1 aliphatic heterocycles. The van der Waals surface area contributed by atoms with E-state index in [0.29, 0.717) is 12.3 Å². The fourth-order valence-corrected chi connectivity index (χ4v) is 5.76. The molecule has 1 saturated carbocycles. The first-order valence-corrected chi connectivity index (χ1v) is 14.1. The van der Waals surface area contributed by atoms with E-state index in [2.05, 4.69) is 77.7 Å². The molecule has 2 fully saturated rings. The van der Waals surface area contributed by atoms with E-state index in [-0.39, 0.29) is 24.5 Å². The van der Waals surface area contributed by atoms with Crippen molar-refractivity contribution in [3.8, 4) is 0 Å². The van der Waals surface area contributed by atoms with E-state index in [0.717, 1.165) is 42.7 Å². The van der Waals surface area contributed by atoms with Crippen LogP contribution >= 0.6 is 0 Å². The number of hydrogen-bond acceptors (Lipinski definition) is 4. The van der Waals surface area contributed by atoms with Gasteiger partial charge in [-0.2, -0.15) is 0 Å². The molecule has 2 amide bonds. The Morgan fingerprint density at radius 2 is 1.40 bits per heavy atom. The summed E-state index contributed by atoms with van der Waals surface area (Å²) in [5, 5.41) is 0. The van der Waals surface area contributed by atoms with Gasteiger partial charge in [0.1, 0.15) is 12.6 Å². The summed E-state index contributed by atoms with van der Waals surface area (Å²) in [7, 11) is 0. The molecular formula is C35H34N2O3. The summed E-state index contributed by atoms with van der Waals surface area (Å²) in [5.41, 5.74) is 5.70. The first kappa shape index (κ1) is 25.9. The van der Waals surface area contributed by atoms with Crippen molar-refractivity contribution in [1.29, 1.82) is 0 Å². The van der Waals surface area contributed by atoms with Gasteiger partial charge in [0.2, 0.25) is 5.91 Å². The second kappa shape index (κ2) is 11.8. The Morgan fingerprint density at radius 3 is 2.00 bits per heavy atom. The van der Waals surface area contributed by atoms with Crippen LogP contribution in [-0.2, 0) is 22.6 Å². The standard InChI is InChI=1S/C35H34N2O3/c38-34(37-33(25-40-35(37)39)29-15-8-3-9-16-29)22-32(28-19-20-28)30-17-10-18-31(21-30)36(23-26-11-4-1-5-12-26)24-27-13-6-2-7-14-27/h1-18,21,28,32-33H,19-20,22-25H2/t32-,33+/m0/s1. The number of imide groups is 1. The van der Waals surface area contributed by atoms with Crippen LogP contribution in [0.3, 0.4) is 0 Å². The normalized spacial score (nSPS) is 17.4. The molecule has 2 atom stereocenters. The lowest BCUT2D eigenvalue weighted by Crippen LogP contribution is -2.35. The van der Waals surface area contributed by atoms with Gasteiger partial charge in [-0.1, -0.05) is 103 Å². The van der Waals surface area contributed by atoms with E-state index in [1.165, 1.54) is 16.0 Å². The smallest absolute Gasteiger partial charge is 0.417 e. The van der Waals surface area contributed by atoms with Crippen LogP contribution in [0.1, 0.15) is 53.5 Å². The van der Waals surface area contributed by atoms with Crippen molar-refractivity contribution in [3.05, 3.63) is 138 Å². The summed E-state index contributed by atoms with van der Waals surface area (Å²) in [6.45, 7) is 1.77. The molecule has 1 saturated heterocycles. The van der Waals surface area contributed by atoms with E-state index in [9.17, 15) is 9.59 Å². The summed E-state index contributed by atoms with van der Waals surface area (Å²) in [6, 6.07) is 39.0. The highest BCUT2D eigenvalue weighted by molar-refractivity contribution is 5.94. The van der Waals surface area contributed by atoms with Crippen LogP contribution in [0.25, 0.3) is 0 Å². The molecule has 2 aliphatic rings. The van der Waals surface area contributed by atoms with Crippen molar-refractivity contribution in [3.63, 3.8) is 0 Å². The molecule has 0 bridgehead atoms. The van der Waals surface area contributed by atoms with Crippen LogP contribution in [0.2, 0.25) is 0 Å². The Hall–Kier alpha value is -4.38. The number of anilines is 1. The quantitative estimate of drug-likeness (QED) is 0.213. The highest BCUT2D eigenvalue weighted by Crippen LogP contribution is 2.46. The SMILES string of the molecule is O=C(C[C@H](c1cccc(N(Cc2ccccc2)Cc2ccccc2)c1)C1CC1)N1C(=O)OC[C@@H]1c1ccccc1. The highest BCUT2D eigenvalue weighted by Gasteiger charge is 2.42. The van der Waals surface area contributed by atoms with Crippen molar-refractivity contribution in [2.24, 2.45) is 5.92 Å². The predicted molar refractivity (Wildman–Crippen MR) is 157 cm³/mol. The summed E-state index contributed by atoms with van der Waals surface area (Å²) >= 11 is 0. The van der Waals surface area contributed by atoms with Gasteiger partial charge in [-0.25, -0.2) is 9.69 Å². The third-order valence-electron chi connectivity index (χ3n) is 8.01. The minimum Gasteiger partial charge on any atom is -0.446 e. The number of rotatable bonds is 10. The Morgan fingerprint density at radius 1 is 0.800 bits per heavy atom. The van der Waals surface area contributed by atoms with Gasteiger partial charge in [0.05, 0.1) is 0 Å². The van der Waals surface area contributed by atoms with E-state index in [4.69, 9.17) is 4.74 Å². The molecule has 0 radical (unpaired) electrons. The molecule has 1 aliphatic carbocycles. The van der Waals surface area contributed by atoms with Gasteiger partial charge in [0.15, 0.2) is 0 Å². The molecular weight excluding hydrogens is 496 g/mol. The maximum atomic E-state index is 13.7. The van der Waals surface area contributed by atoms with Crippen molar-refractivity contribution in [2.75, 3.05) is 11.5 Å². The Balaban J connectivity index is 1.26. The minimum atomic E-state index is -0.543. The topological polar surface area (TPSA) is 49.9 Å². The lowest BCUT2D eigenvalue weighted by Gasteiger charge is -2.27. The summed E-state index contributed by atoms with van der Waals surface area (Å²) < 4.78 is 5.34. The first-order chi connectivity index (χ1) is 19.7. The van der Waals surface area contributed by atoms with Crippen molar-refractivity contribution in [2.45, 2.75) is 44.3 Å². The van der Waals surface area contributed by atoms with Crippen molar-refractivity contribution in [1.82, 2.24) is 4.90 Å². The summed E-state index contributed by atoms with van der Waals surface area (Å²) in [5.74, 6) is 0.348. The van der Waals surface area contributed by atoms with Crippen LogP contribution in [0.15, 0.2) is 115 Å². The molecule has 5 heteroatoms. The minimum absolute atomic E-state index is 0.0626. The van der Waals surface area contributed by atoms with Crippen molar-refractivity contribution < 1.29 is 14.3 Å². The zero-order valence-corrected chi connectivity index (χ0v) is 22.6. The highest BCUT2D eigenvalue weighted by atomic mass is 16.6. The fourth-order valence-electron chi connectivity index (χ4n) is 5.76. The Bertz CT molecular complexity index is 1400. The average molecular weight is 531 g/mol. The van der Waals surface area contributed by atoms with Crippen LogP contribution in [-0.4, -0.2) is 23.5 Å². The van der Waals surface area contributed by atoms with E-state index >= 15 is 0 Å². The molecule has 5 nitrogen and oxygen atoms in total. The molecule has 0 spiro atoms. The van der Waals surface area contributed by atoms with Gasteiger partial charge in [0, 0.05) is 25.2 Å². The molecule has 1 heterocycles. The number of amides is 2. The second-order valence-electron chi connectivity index (χ2n) is 10.8. The van der Waals surface area contributed by atoms with E-state index < -0.39 is 6.09 Å². The lowest BCUT2D eigenvalue weighted by molar-refractivity contribution is -0.129. The molecule has 6 rings (SSSR count). The van der Waals surface area contributed by atoms with Gasteiger partial charge in [-0.05, 0) is 59.1 Å². The molecule has 0 N–H and O–H groups in total. The lowest BCUT2D eigenvalue weighted by atomic mass is 9.89. The summed E-state index contributed by atoms with van der Waals surface area (Å²) in [4.78, 5) is 30.1.